The first-order valence-electron chi connectivity index (χ1n) is 17.5. The molecule has 53 heavy (non-hydrogen) atoms. The zero-order valence-corrected chi connectivity index (χ0v) is 28.5. The van der Waals surface area contributed by atoms with Crippen LogP contribution in [0.25, 0.3) is 89.6 Å². The summed E-state index contributed by atoms with van der Waals surface area (Å²) < 4.78 is 2.32. The molecular formula is C47H30N6. The molecule has 3 aromatic heterocycles. The van der Waals surface area contributed by atoms with Gasteiger partial charge in [-0.3, -0.25) is 10.8 Å². The van der Waals surface area contributed by atoms with Crippen LogP contribution in [0.5, 0.6) is 0 Å². The number of nitrogens with zero attached hydrogens (tertiary/aromatic N) is 4. The van der Waals surface area contributed by atoms with Crippen LogP contribution in [0.15, 0.2) is 164 Å². The molecule has 0 radical (unpaired) electrons. The second-order valence-corrected chi connectivity index (χ2v) is 13.2. The molecule has 1 aliphatic rings. The standard InChI is InChI=1S/C47H30N6/c48-38-26-25-37-44(45(38)49)36-24-21-32(27-41(36)50-46(37)30-11-3-1-4-12-30)40-28-39(51-47(52-40)31-13-5-2-6-14-31)29-19-22-33(23-20-29)53-42-17-9-7-15-34(42)35-16-8-10-18-43(35)53/h1-28,48-49H. The summed E-state index contributed by atoms with van der Waals surface area (Å²) in [7, 11) is 0. The smallest absolute Gasteiger partial charge is 0.160 e. The minimum absolute atomic E-state index is 0.185. The zero-order chi connectivity index (χ0) is 35.5. The fourth-order valence-corrected chi connectivity index (χ4v) is 7.51. The van der Waals surface area contributed by atoms with Gasteiger partial charge in [0.2, 0.25) is 0 Å². The molecule has 0 fully saturated rings. The molecule has 10 rings (SSSR count). The van der Waals surface area contributed by atoms with Gasteiger partial charge in [-0.15, -0.1) is 0 Å². The van der Waals surface area contributed by atoms with E-state index < -0.39 is 0 Å². The lowest BCUT2D eigenvalue weighted by molar-refractivity contribution is 1.17. The summed E-state index contributed by atoms with van der Waals surface area (Å²) >= 11 is 0. The molecule has 0 aliphatic heterocycles. The molecule has 0 saturated carbocycles. The lowest BCUT2D eigenvalue weighted by Crippen LogP contribution is -2.17. The van der Waals surface area contributed by atoms with Crippen LogP contribution in [0.1, 0.15) is 11.1 Å². The number of fused-ring (bicyclic) bond motifs is 6. The van der Waals surface area contributed by atoms with Crippen LogP contribution in [0, 0.1) is 10.8 Å². The lowest BCUT2D eigenvalue weighted by Gasteiger charge is -2.19. The minimum Gasteiger partial charge on any atom is -0.309 e. The summed E-state index contributed by atoms with van der Waals surface area (Å²) in [6, 6.07) is 53.9. The highest BCUT2D eigenvalue weighted by Crippen LogP contribution is 2.37. The molecule has 0 unspecified atom stereocenters. The molecule has 0 atom stereocenters. The fourth-order valence-electron chi connectivity index (χ4n) is 7.51. The van der Waals surface area contributed by atoms with Crippen LogP contribution in [0.2, 0.25) is 0 Å². The Morgan fingerprint density at radius 3 is 1.72 bits per heavy atom. The van der Waals surface area contributed by atoms with Gasteiger partial charge in [0.25, 0.3) is 0 Å². The first-order chi connectivity index (χ1) is 26.1. The van der Waals surface area contributed by atoms with E-state index >= 15 is 0 Å². The van der Waals surface area contributed by atoms with Crippen molar-refractivity contribution in [2.45, 2.75) is 0 Å². The van der Waals surface area contributed by atoms with Crippen molar-refractivity contribution >= 4 is 50.2 Å². The summed E-state index contributed by atoms with van der Waals surface area (Å²) in [6.45, 7) is 0. The maximum atomic E-state index is 8.90. The van der Waals surface area contributed by atoms with Crippen molar-refractivity contribution in [1.82, 2.24) is 19.5 Å². The van der Waals surface area contributed by atoms with E-state index in [4.69, 9.17) is 25.8 Å². The van der Waals surface area contributed by atoms with E-state index in [1.54, 1.807) is 6.08 Å². The third-order valence-corrected chi connectivity index (χ3v) is 10.1. The molecule has 3 heterocycles. The highest BCUT2D eigenvalue weighted by molar-refractivity contribution is 6.54. The van der Waals surface area contributed by atoms with Crippen molar-refractivity contribution in [2.24, 2.45) is 0 Å². The third kappa shape index (κ3) is 5.07. The van der Waals surface area contributed by atoms with E-state index in [9.17, 15) is 0 Å². The molecule has 2 N–H and O–H groups in total. The highest BCUT2D eigenvalue weighted by Gasteiger charge is 2.23. The number of nitrogens with one attached hydrogen (secondary N) is 2. The molecule has 0 bridgehead atoms. The Kier molecular flexibility index (Phi) is 7.01. The Balaban J connectivity index is 1.13. The molecule has 6 aromatic carbocycles. The maximum Gasteiger partial charge on any atom is 0.160 e. The van der Waals surface area contributed by atoms with Crippen LogP contribution in [0.3, 0.4) is 0 Å². The molecule has 248 valence electrons. The van der Waals surface area contributed by atoms with E-state index in [0.29, 0.717) is 5.82 Å². The van der Waals surface area contributed by atoms with Gasteiger partial charge in [-0.25, -0.2) is 15.0 Å². The third-order valence-electron chi connectivity index (χ3n) is 10.1. The van der Waals surface area contributed by atoms with Gasteiger partial charge in [0.15, 0.2) is 5.82 Å². The second-order valence-electron chi connectivity index (χ2n) is 13.2. The molecule has 6 heteroatoms. The van der Waals surface area contributed by atoms with Gasteiger partial charge in [0, 0.05) is 55.2 Å². The summed E-state index contributed by atoms with van der Waals surface area (Å²) in [6.07, 6.45) is 3.59. The highest BCUT2D eigenvalue weighted by atomic mass is 15.0. The number of para-hydroxylation sites is 2. The van der Waals surface area contributed by atoms with Gasteiger partial charge in [-0.1, -0.05) is 121 Å². The quantitative estimate of drug-likeness (QED) is 0.190. The predicted octanol–water partition coefficient (Wildman–Crippen LogP) is 11.2. The van der Waals surface area contributed by atoms with E-state index in [-0.39, 0.29) is 11.4 Å². The molecule has 0 spiro atoms. The first kappa shape index (κ1) is 30.5. The summed E-state index contributed by atoms with van der Waals surface area (Å²) in [4.78, 5) is 15.4. The molecule has 6 nitrogen and oxygen atoms in total. The normalized spacial score (nSPS) is 12.5. The van der Waals surface area contributed by atoms with Crippen molar-refractivity contribution in [2.75, 3.05) is 0 Å². The zero-order valence-electron chi connectivity index (χ0n) is 28.5. The van der Waals surface area contributed by atoms with E-state index in [1.807, 2.05) is 91.0 Å². The van der Waals surface area contributed by atoms with E-state index in [2.05, 4.69) is 77.4 Å². The topological polar surface area (TPSA) is 91.3 Å². The Morgan fingerprint density at radius 2 is 1.04 bits per heavy atom. The Hall–Kier alpha value is -7.31. The van der Waals surface area contributed by atoms with Gasteiger partial charge >= 0.3 is 0 Å². The average Bonchev–Trinajstić information content (AvgIpc) is 3.56. The van der Waals surface area contributed by atoms with Crippen LogP contribution >= 0.6 is 0 Å². The summed E-state index contributed by atoms with van der Waals surface area (Å²) in [5.41, 5.74) is 12.2. The molecule has 0 amide bonds. The van der Waals surface area contributed by atoms with Gasteiger partial charge in [-0.2, -0.15) is 0 Å². The Morgan fingerprint density at radius 1 is 0.453 bits per heavy atom. The first-order valence-corrected chi connectivity index (χ1v) is 17.5. The number of aromatic nitrogens is 4. The maximum absolute atomic E-state index is 8.90. The summed E-state index contributed by atoms with van der Waals surface area (Å²) in [5, 5.41) is 20.6. The average molecular weight is 679 g/mol. The largest absolute Gasteiger partial charge is 0.309 e. The predicted molar refractivity (Wildman–Crippen MR) is 217 cm³/mol. The van der Waals surface area contributed by atoms with Crippen LogP contribution in [0.4, 0.5) is 0 Å². The van der Waals surface area contributed by atoms with E-state index in [1.165, 1.54) is 21.8 Å². The summed E-state index contributed by atoms with van der Waals surface area (Å²) in [5.74, 6) is 0.633. The monoisotopic (exact) mass is 678 g/mol. The van der Waals surface area contributed by atoms with Crippen molar-refractivity contribution in [3.63, 3.8) is 0 Å². The van der Waals surface area contributed by atoms with Crippen LogP contribution < -0.4 is 0 Å². The van der Waals surface area contributed by atoms with E-state index in [0.717, 1.165) is 67.1 Å². The molecule has 0 saturated heterocycles. The number of benzene rings is 6. The van der Waals surface area contributed by atoms with Crippen molar-refractivity contribution < 1.29 is 0 Å². The van der Waals surface area contributed by atoms with Crippen molar-refractivity contribution in [3.05, 3.63) is 175 Å². The Bertz CT molecular complexity index is 2910. The minimum atomic E-state index is 0.185. The lowest BCUT2D eigenvalue weighted by atomic mass is 9.87. The van der Waals surface area contributed by atoms with Crippen molar-refractivity contribution in [3.8, 4) is 50.8 Å². The number of pyridine rings is 1. The number of allylic oxidation sites excluding steroid dienone is 1. The van der Waals surface area contributed by atoms with Gasteiger partial charge in [0.05, 0.1) is 45.1 Å². The van der Waals surface area contributed by atoms with Crippen LogP contribution in [-0.4, -0.2) is 30.9 Å². The SMILES string of the molecule is N=C1C=Cc2c(-c3ccccc3)nc3cc(-c4cc(-c5ccc(-n6c7ccccc7c7ccccc76)cc5)nc(-c5ccccc5)n4)ccc3c2C1=N. The Labute approximate surface area is 305 Å². The molecule has 9 aromatic rings. The van der Waals surface area contributed by atoms with Gasteiger partial charge < -0.3 is 4.57 Å². The number of hydrogen-bond acceptors (Lipinski definition) is 5. The second kappa shape index (κ2) is 12.2. The molecular weight excluding hydrogens is 649 g/mol. The molecule has 1 aliphatic carbocycles. The number of hydrogen-bond donors (Lipinski definition) is 2. The van der Waals surface area contributed by atoms with Crippen LogP contribution in [-0.2, 0) is 0 Å². The van der Waals surface area contributed by atoms with Gasteiger partial charge in [0.1, 0.15) is 0 Å². The fraction of sp³-hybridized carbons (Fsp3) is 0. The van der Waals surface area contributed by atoms with Gasteiger partial charge in [-0.05, 0) is 48.6 Å². The van der Waals surface area contributed by atoms with Crippen molar-refractivity contribution in [1.29, 1.82) is 10.8 Å². The number of rotatable bonds is 5.